The molecule has 1 aromatic carbocycles. The number of para-hydroxylation sites is 1. The van der Waals surface area contributed by atoms with Gasteiger partial charge in [0.05, 0.1) is 0 Å². The van der Waals surface area contributed by atoms with Crippen LogP contribution in [-0.2, 0) is 11.2 Å². The van der Waals surface area contributed by atoms with Gasteiger partial charge in [-0.25, -0.2) is 0 Å². The number of rotatable bonds is 6. The first-order chi connectivity index (χ1) is 9.18. The van der Waals surface area contributed by atoms with Gasteiger partial charge in [-0.05, 0) is 43.5 Å². The Morgan fingerprint density at radius 3 is 2.84 bits per heavy atom. The van der Waals surface area contributed by atoms with Crippen LogP contribution < -0.4 is 10.2 Å². The standard InChI is InChI=1S/C16H24N2O/c1-13(2)12-17-10-5-11-18-15-7-4-3-6-14(15)8-9-16(18)19/h3-4,6-7,13,17H,5,8-12H2,1-2H3. The largest absolute Gasteiger partial charge is 0.316 e. The molecular formula is C16H24N2O. The second-order valence-electron chi connectivity index (χ2n) is 5.63. The zero-order chi connectivity index (χ0) is 13.7. The summed E-state index contributed by atoms with van der Waals surface area (Å²) in [6.45, 7) is 7.25. The van der Waals surface area contributed by atoms with Gasteiger partial charge in [0, 0.05) is 18.7 Å². The fraction of sp³-hybridized carbons (Fsp3) is 0.562. The highest BCUT2D eigenvalue weighted by Gasteiger charge is 2.22. The maximum atomic E-state index is 12.0. The average Bonchev–Trinajstić information content (AvgIpc) is 2.40. The lowest BCUT2D eigenvalue weighted by atomic mass is 10.0. The number of fused-ring (bicyclic) bond motifs is 1. The third kappa shape index (κ3) is 3.80. The molecule has 2 rings (SSSR count). The highest BCUT2D eigenvalue weighted by atomic mass is 16.2. The first-order valence-corrected chi connectivity index (χ1v) is 7.27. The van der Waals surface area contributed by atoms with Crippen molar-refractivity contribution in [3.05, 3.63) is 29.8 Å². The normalized spacial score (nSPS) is 14.9. The zero-order valence-electron chi connectivity index (χ0n) is 12.0. The van der Waals surface area contributed by atoms with Crippen LogP contribution in [0.3, 0.4) is 0 Å². The van der Waals surface area contributed by atoms with Gasteiger partial charge < -0.3 is 10.2 Å². The van der Waals surface area contributed by atoms with E-state index in [2.05, 4.69) is 37.4 Å². The third-order valence-electron chi connectivity index (χ3n) is 3.48. The molecule has 3 nitrogen and oxygen atoms in total. The summed E-state index contributed by atoms with van der Waals surface area (Å²) in [6, 6.07) is 8.26. The van der Waals surface area contributed by atoms with Gasteiger partial charge in [0.15, 0.2) is 0 Å². The van der Waals surface area contributed by atoms with Crippen molar-refractivity contribution in [2.75, 3.05) is 24.5 Å². The summed E-state index contributed by atoms with van der Waals surface area (Å²) < 4.78 is 0. The number of carbonyl (C=O) groups is 1. The van der Waals surface area contributed by atoms with Crippen LogP contribution in [0.5, 0.6) is 0 Å². The topological polar surface area (TPSA) is 32.3 Å². The summed E-state index contributed by atoms with van der Waals surface area (Å²) in [7, 11) is 0. The molecule has 1 amide bonds. The first kappa shape index (κ1) is 14.1. The van der Waals surface area contributed by atoms with Crippen molar-refractivity contribution >= 4 is 11.6 Å². The van der Waals surface area contributed by atoms with E-state index in [1.165, 1.54) is 5.56 Å². The van der Waals surface area contributed by atoms with Crippen LogP contribution in [0.2, 0.25) is 0 Å². The van der Waals surface area contributed by atoms with E-state index in [9.17, 15) is 4.79 Å². The molecule has 19 heavy (non-hydrogen) atoms. The molecule has 0 atom stereocenters. The Kier molecular flexibility index (Phi) is 4.97. The third-order valence-corrected chi connectivity index (χ3v) is 3.48. The van der Waals surface area contributed by atoms with Crippen LogP contribution in [0.4, 0.5) is 5.69 Å². The van der Waals surface area contributed by atoms with Gasteiger partial charge in [-0.3, -0.25) is 4.79 Å². The number of carbonyl (C=O) groups excluding carboxylic acids is 1. The summed E-state index contributed by atoms with van der Waals surface area (Å²) >= 11 is 0. The minimum absolute atomic E-state index is 0.266. The number of amides is 1. The Balaban J connectivity index is 1.87. The average molecular weight is 260 g/mol. The smallest absolute Gasteiger partial charge is 0.227 e. The lowest BCUT2D eigenvalue weighted by Gasteiger charge is -2.29. The van der Waals surface area contributed by atoms with E-state index < -0.39 is 0 Å². The lowest BCUT2D eigenvalue weighted by Crippen LogP contribution is -2.37. The Morgan fingerprint density at radius 2 is 2.05 bits per heavy atom. The van der Waals surface area contributed by atoms with Crippen LogP contribution in [-0.4, -0.2) is 25.5 Å². The maximum absolute atomic E-state index is 12.0. The molecule has 1 aromatic rings. The maximum Gasteiger partial charge on any atom is 0.227 e. The minimum Gasteiger partial charge on any atom is -0.316 e. The molecule has 0 aliphatic carbocycles. The molecular weight excluding hydrogens is 236 g/mol. The van der Waals surface area contributed by atoms with Gasteiger partial charge in [-0.2, -0.15) is 0 Å². The highest BCUT2D eigenvalue weighted by Crippen LogP contribution is 2.27. The Labute approximate surface area is 116 Å². The van der Waals surface area contributed by atoms with Crippen molar-refractivity contribution in [3.63, 3.8) is 0 Å². The van der Waals surface area contributed by atoms with E-state index >= 15 is 0 Å². The number of hydrogen-bond donors (Lipinski definition) is 1. The number of benzene rings is 1. The number of aryl methyl sites for hydroxylation is 1. The van der Waals surface area contributed by atoms with E-state index in [0.717, 1.165) is 38.2 Å². The minimum atomic E-state index is 0.266. The van der Waals surface area contributed by atoms with Crippen molar-refractivity contribution in [2.45, 2.75) is 33.1 Å². The Hall–Kier alpha value is -1.35. The van der Waals surface area contributed by atoms with Crippen LogP contribution >= 0.6 is 0 Å². The Bertz CT molecular complexity index is 429. The number of hydrogen-bond acceptors (Lipinski definition) is 2. The molecule has 0 saturated carbocycles. The van der Waals surface area contributed by atoms with E-state index in [0.29, 0.717) is 12.3 Å². The molecule has 0 bridgehead atoms. The van der Waals surface area contributed by atoms with E-state index in [1.807, 2.05) is 11.0 Å². The molecule has 3 heteroatoms. The predicted octanol–water partition coefficient (Wildman–Crippen LogP) is 2.60. The van der Waals surface area contributed by atoms with Gasteiger partial charge in [0.1, 0.15) is 0 Å². The number of nitrogens with one attached hydrogen (secondary N) is 1. The quantitative estimate of drug-likeness (QED) is 0.797. The van der Waals surface area contributed by atoms with Gasteiger partial charge in [-0.1, -0.05) is 32.0 Å². The van der Waals surface area contributed by atoms with Crippen LogP contribution in [0.15, 0.2) is 24.3 Å². The van der Waals surface area contributed by atoms with Crippen molar-refractivity contribution < 1.29 is 4.79 Å². The predicted molar refractivity (Wildman–Crippen MR) is 79.4 cm³/mol. The molecule has 0 aromatic heterocycles. The first-order valence-electron chi connectivity index (χ1n) is 7.27. The van der Waals surface area contributed by atoms with Crippen molar-refractivity contribution in [1.29, 1.82) is 0 Å². The molecule has 0 unspecified atom stereocenters. The summed E-state index contributed by atoms with van der Waals surface area (Å²) in [5.74, 6) is 0.944. The van der Waals surface area contributed by atoms with Gasteiger partial charge in [0.25, 0.3) is 0 Å². The van der Waals surface area contributed by atoms with E-state index in [-0.39, 0.29) is 5.91 Å². The zero-order valence-corrected chi connectivity index (χ0v) is 12.0. The fourth-order valence-electron chi connectivity index (χ4n) is 2.49. The molecule has 1 aliphatic heterocycles. The van der Waals surface area contributed by atoms with Crippen LogP contribution in [0, 0.1) is 5.92 Å². The second-order valence-corrected chi connectivity index (χ2v) is 5.63. The SMILES string of the molecule is CC(C)CNCCCN1C(=O)CCc2ccccc21. The number of anilines is 1. The van der Waals surface area contributed by atoms with E-state index in [4.69, 9.17) is 0 Å². The van der Waals surface area contributed by atoms with E-state index in [1.54, 1.807) is 0 Å². The summed E-state index contributed by atoms with van der Waals surface area (Å²) in [4.78, 5) is 14.0. The molecule has 0 spiro atoms. The van der Waals surface area contributed by atoms with Crippen molar-refractivity contribution in [2.24, 2.45) is 5.92 Å². The molecule has 1 aliphatic rings. The second kappa shape index (κ2) is 6.71. The summed E-state index contributed by atoms with van der Waals surface area (Å²) in [5.41, 5.74) is 2.42. The molecule has 0 fully saturated rings. The molecule has 1 N–H and O–H groups in total. The fourth-order valence-corrected chi connectivity index (χ4v) is 2.49. The Morgan fingerprint density at radius 1 is 1.26 bits per heavy atom. The summed E-state index contributed by atoms with van der Waals surface area (Å²) in [5, 5.41) is 3.43. The lowest BCUT2D eigenvalue weighted by molar-refractivity contribution is -0.118. The van der Waals surface area contributed by atoms with Crippen LogP contribution in [0.1, 0.15) is 32.3 Å². The van der Waals surface area contributed by atoms with Crippen molar-refractivity contribution in [3.8, 4) is 0 Å². The van der Waals surface area contributed by atoms with Gasteiger partial charge >= 0.3 is 0 Å². The van der Waals surface area contributed by atoms with Gasteiger partial charge in [-0.15, -0.1) is 0 Å². The van der Waals surface area contributed by atoms with Gasteiger partial charge in [0.2, 0.25) is 5.91 Å². The molecule has 104 valence electrons. The molecule has 0 saturated heterocycles. The molecule has 0 radical (unpaired) electrons. The monoisotopic (exact) mass is 260 g/mol. The van der Waals surface area contributed by atoms with Crippen molar-refractivity contribution in [1.82, 2.24) is 5.32 Å². The highest BCUT2D eigenvalue weighted by molar-refractivity contribution is 5.96. The molecule has 1 heterocycles. The van der Waals surface area contributed by atoms with Crippen LogP contribution in [0.25, 0.3) is 0 Å². The number of nitrogens with zero attached hydrogens (tertiary/aromatic N) is 1. The summed E-state index contributed by atoms with van der Waals surface area (Å²) in [6.07, 6.45) is 2.54.